The molecule has 0 aliphatic heterocycles. The summed E-state index contributed by atoms with van der Waals surface area (Å²) in [4.78, 5) is 0. The maximum Gasteiger partial charge on any atom is 0.157 e. The predicted octanol–water partition coefficient (Wildman–Crippen LogP) is 1.26. The van der Waals surface area contributed by atoms with Crippen molar-refractivity contribution in [3.05, 3.63) is 23.3 Å². The quantitative estimate of drug-likeness (QED) is 0.463. The van der Waals surface area contributed by atoms with Crippen molar-refractivity contribution in [1.29, 1.82) is 0 Å². The molecule has 4 rings (SSSR count). The van der Waals surface area contributed by atoms with Gasteiger partial charge in [0.2, 0.25) is 0 Å². The molecule has 0 saturated heterocycles. The van der Waals surface area contributed by atoms with Crippen LogP contribution in [0.4, 0.5) is 0 Å². The van der Waals surface area contributed by atoms with Gasteiger partial charge in [0, 0.05) is 5.41 Å². The van der Waals surface area contributed by atoms with E-state index in [0.29, 0.717) is 0 Å². The first-order chi connectivity index (χ1) is 10.8. The Morgan fingerprint density at radius 2 is 1.70 bits per heavy atom. The van der Waals surface area contributed by atoms with E-state index >= 15 is 0 Å². The van der Waals surface area contributed by atoms with Crippen LogP contribution in [0.1, 0.15) is 43.2 Å². The molecule has 2 fully saturated rings. The van der Waals surface area contributed by atoms with E-state index in [2.05, 4.69) is 0 Å². The van der Waals surface area contributed by atoms with E-state index in [1.807, 2.05) is 6.92 Å². The van der Waals surface area contributed by atoms with Crippen molar-refractivity contribution in [2.45, 2.75) is 56.8 Å². The third-order valence-electron chi connectivity index (χ3n) is 6.83. The fourth-order valence-corrected chi connectivity index (χ4v) is 5.65. The Balaban J connectivity index is 1.76. The van der Waals surface area contributed by atoms with Gasteiger partial charge in [0.05, 0.1) is 12.2 Å². The molecular weight excluding hydrogens is 296 g/mol. The Bertz CT molecular complexity index is 645. The smallest absolute Gasteiger partial charge is 0.157 e. The number of fused-ring (bicyclic) bond motifs is 5. The van der Waals surface area contributed by atoms with Crippen molar-refractivity contribution in [2.24, 2.45) is 17.3 Å². The maximum absolute atomic E-state index is 10.5. The second-order valence-electron chi connectivity index (χ2n) is 7.85. The molecule has 0 aromatic heterocycles. The van der Waals surface area contributed by atoms with E-state index in [-0.39, 0.29) is 29.3 Å². The van der Waals surface area contributed by atoms with E-state index in [1.54, 1.807) is 12.1 Å². The van der Waals surface area contributed by atoms with Crippen molar-refractivity contribution >= 4 is 0 Å². The highest BCUT2D eigenvalue weighted by Crippen LogP contribution is 2.61. The summed E-state index contributed by atoms with van der Waals surface area (Å²) < 4.78 is 0. The molecule has 1 aromatic rings. The first-order valence-corrected chi connectivity index (χ1v) is 8.43. The molecule has 0 amide bonds. The highest BCUT2D eigenvalue weighted by Gasteiger charge is 2.62. The Hall–Kier alpha value is -1.30. The molecule has 126 valence electrons. The van der Waals surface area contributed by atoms with Crippen molar-refractivity contribution in [3.63, 3.8) is 0 Å². The second-order valence-corrected chi connectivity index (χ2v) is 7.85. The van der Waals surface area contributed by atoms with Crippen LogP contribution >= 0.6 is 0 Å². The molecular formula is C18H24O5. The van der Waals surface area contributed by atoms with Crippen molar-refractivity contribution in [1.82, 2.24) is 0 Å². The number of hydrogen-bond donors (Lipinski definition) is 5. The molecule has 0 spiro atoms. The van der Waals surface area contributed by atoms with Gasteiger partial charge in [-0.25, -0.2) is 0 Å². The van der Waals surface area contributed by atoms with Crippen LogP contribution in [0.3, 0.4) is 0 Å². The molecule has 2 saturated carbocycles. The minimum atomic E-state index is -1.08. The zero-order valence-electron chi connectivity index (χ0n) is 13.2. The number of benzene rings is 1. The monoisotopic (exact) mass is 320 g/mol. The molecule has 7 atom stereocenters. The normalized spacial score (nSPS) is 45.2. The number of aromatic hydroxyl groups is 2. The van der Waals surface area contributed by atoms with E-state index in [1.165, 1.54) is 0 Å². The lowest BCUT2D eigenvalue weighted by Crippen LogP contribution is -2.46. The molecule has 5 heteroatoms. The summed E-state index contributed by atoms with van der Waals surface area (Å²) in [5.74, 6) is 0.0252. The molecule has 3 aliphatic carbocycles. The van der Waals surface area contributed by atoms with Gasteiger partial charge < -0.3 is 25.5 Å². The van der Waals surface area contributed by atoms with Gasteiger partial charge in [-0.3, -0.25) is 0 Å². The minimum Gasteiger partial charge on any atom is -0.504 e. The van der Waals surface area contributed by atoms with E-state index in [0.717, 1.165) is 36.8 Å². The third-order valence-corrected chi connectivity index (χ3v) is 6.83. The predicted molar refractivity (Wildman–Crippen MR) is 83.2 cm³/mol. The molecule has 0 heterocycles. The second kappa shape index (κ2) is 4.85. The van der Waals surface area contributed by atoms with Gasteiger partial charge in [-0.1, -0.05) is 6.92 Å². The van der Waals surface area contributed by atoms with Gasteiger partial charge in [0.25, 0.3) is 0 Å². The Morgan fingerprint density at radius 3 is 2.43 bits per heavy atom. The minimum absolute atomic E-state index is 0.0883. The van der Waals surface area contributed by atoms with Crippen LogP contribution in [0.15, 0.2) is 12.1 Å². The highest BCUT2D eigenvalue weighted by molar-refractivity contribution is 5.48. The molecule has 5 N–H and O–H groups in total. The molecule has 0 radical (unpaired) electrons. The fraction of sp³-hybridized carbons (Fsp3) is 0.667. The van der Waals surface area contributed by atoms with Gasteiger partial charge in [-0.05, 0) is 66.7 Å². The Labute approximate surface area is 135 Å². The van der Waals surface area contributed by atoms with Crippen LogP contribution in [-0.2, 0) is 6.42 Å². The standard InChI is InChI=1S/C18H24O5/c1-18-5-4-9-10(14(18)15(21)16(22)17(18)23)3-2-8-6-12(19)13(20)7-11(8)9/h6-7,9-10,14-17,19-23H,2-5H2,1H3/t9-,10+,14+,15-,16+,17-,18-/m0/s1. The molecule has 0 bridgehead atoms. The van der Waals surface area contributed by atoms with E-state index < -0.39 is 23.7 Å². The van der Waals surface area contributed by atoms with Crippen LogP contribution in [0.2, 0.25) is 0 Å². The molecule has 5 nitrogen and oxygen atoms in total. The average Bonchev–Trinajstić information content (AvgIpc) is 2.69. The van der Waals surface area contributed by atoms with Gasteiger partial charge in [0.1, 0.15) is 6.10 Å². The molecule has 23 heavy (non-hydrogen) atoms. The largest absolute Gasteiger partial charge is 0.504 e. The lowest BCUT2D eigenvalue weighted by Gasteiger charge is -2.50. The van der Waals surface area contributed by atoms with Crippen LogP contribution < -0.4 is 0 Å². The summed E-state index contributed by atoms with van der Waals surface area (Å²) >= 11 is 0. The molecule has 3 aliphatic rings. The first kappa shape index (κ1) is 15.2. The van der Waals surface area contributed by atoms with Crippen LogP contribution in [0.5, 0.6) is 11.5 Å². The summed E-state index contributed by atoms with van der Waals surface area (Å²) in [7, 11) is 0. The van der Waals surface area contributed by atoms with E-state index in [9.17, 15) is 25.5 Å². The zero-order valence-corrected chi connectivity index (χ0v) is 13.2. The number of hydrogen-bond acceptors (Lipinski definition) is 5. The number of aryl methyl sites for hydroxylation is 1. The van der Waals surface area contributed by atoms with Crippen molar-refractivity contribution in [2.75, 3.05) is 0 Å². The number of phenolic OH excluding ortho intramolecular Hbond substituents is 2. The summed E-state index contributed by atoms with van der Waals surface area (Å²) in [6, 6.07) is 3.29. The zero-order chi connectivity index (χ0) is 16.5. The summed E-state index contributed by atoms with van der Waals surface area (Å²) in [6.07, 6.45) is 0.334. The molecule has 0 unspecified atom stereocenters. The average molecular weight is 320 g/mol. The fourth-order valence-electron chi connectivity index (χ4n) is 5.65. The first-order valence-electron chi connectivity index (χ1n) is 8.43. The number of aliphatic hydroxyl groups is 3. The van der Waals surface area contributed by atoms with Crippen LogP contribution in [-0.4, -0.2) is 43.8 Å². The van der Waals surface area contributed by atoms with Crippen LogP contribution in [0.25, 0.3) is 0 Å². The number of aliphatic hydroxyl groups excluding tert-OH is 3. The summed E-state index contributed by atoms with van der Waals surface area (Å²) in [6.45, 7) is 1.97. The lowest BCUT2D eigenvalue weighted by atomic mass is 9.55. The SMILES string of the molecule is C[C@]12CC[C@@H]3c4cc(O)c(O)cc4CC[C@H]3[C@@H]1[C@H](O)[C@@H](O)[C@@H]2O. The van der Waals surface area contributed by atoms with Crippen molar-refractivity contribution < 1.29 is 25.5 Å². The van der Waals surface area contributed by atoms with Crippen molar-refractivity contribution in [3.8, 4) is 11.5 Å². The number of rotatable bonds is 0. The summed E-state index contributed by atoms with van der Waals surface area (Å²) in [5.41, 5.74) is 1.64. The topological polar surface area (TPSA) is 101 Å². The van der Waals surface area contributed by atoms with Gasteiger partial charge in [0.15, 0.2) is 11.5 Å². The van der Waals surface area contributed by atoms with Gasteiger partial charge in [-0.15, -0.1) is 0 Å². The van der Waals surface area contributed by atoms with E-state index in [4.69, 9.17) is 0 Å². The number of phenols is 2. The maximum atomic E-state index is 10.5. The Kier molecular flexibility index (Phi) is 3.21. The van der Waals surface area contributed by atoms with Crippen LogP contribution in [0, 0.1) is 17.3 Å². The van der Waals surface area contributed by atoms with Gasteiger partial charge >= 0.3 is 0 Å². The third kappa shape index (κ3) is 1.90. The molecule has 1 aromatic carbocycles. The van der Waals surface area contributed by atoms with Gasteiger partial charge in [-0.2, -0.15) is 0 Å². The Morgan fingerprint density at radius 1 is 1.00 bits per heavy atom. The summed E-state index contributed by atoms with van der Waals surface area (Å²) in [5, 5.41) is 50.7. The highest BCUT2D eigenvalue weighted by atomic mass is 16.4. The lowest BCUT2D eigenvalue weighted by molar-refractivity contribution is -0.0505.